The third kappa shape index (κ3) is 2.35. The molecule has 0 N–H and O–H groups in total. The Labute approximate surface area is 86.7 Å². The highest BCUT2D eigenvalue weighted by Crippen LogP contribution is 2.31. The third-order valence-corrected chi connectivity index (χ3v) is 3.67. The van der Waals surface area contributed by atoms with Crippen molar-refractivity contribution in [2.24, 2.45) is 11.8 Å². The van der Waals surface area contributed by atoms with Crippen LogP contribution < -0.4 is 0 Å². The highest BCUT2D eigenvalue weighted by molar-refractivity contribution is 5.85. The number of likely N-dealkylation sites (tertiary alicyclic amines) is 1. The Bertz CT molecular complexity index is 222. The van der Waals surface area contributed by atoms with Crippen LogP contribution in [0.3, 0.4) is 0 Å². The number of nitrogens with zero attached hydrogens (tertiary/aromatic N) is 1. The number of hydrogen-bond acceptors (Lipinski definition) is 2. The van der Waals surface area contributed by atoms with Crippen molar-refractivity contribution in [3.05, 3.63) is 0 Å². The molecule has 0 amide bonds. The summed E-state index contributed by atoms with van der Waals surface area (Å²) in [6, 6.07) is 0.612. The summed E-state index contributed by atoms with van der Waals surface area (Å²) in [6.45, 7) is 6.42. The molecule has 2 aliphatic rings. The van der Waals surface area contributed by atoms with Crippen molar-refractivity contribution in [2.45, 2.75) is 45.6 Å². The SMILES string of the molecule is CC1CCN(CC(=O)C2CC2)C(C)C1. The molecule has 0 radical (unpaired) electrons. The maximum absolute atomic E-state index is 11.7. The minimum Gasteiger partial charge on any atom is -0.298 e. The van der Waals surface area contributed by atoms with Crippen molar-refractivity contribution in [3.63, 3.8) is 0 Å². The van der Waals surface area contributed by atoms with Crippen LogP contribution in [0.1, 0.15) is 39.5 Å². The molecule has 0 bridgehead atoms. The Morgan fingerprint density at radius 1 is 1.29 bits per heavy atom. The Kier molecular flexibility index (Phi) is 2.91. The molecule has 0 aromatic heterocycles. The number of ketones is 1. The second-order valence-electron chi connectivity index (χ2n) is 5.19. The molecular weight excluding hydrogens is 174 g/mol. The van der Waals surface area contributed by atoms with Gasteiger partial charge in [-0.05, 0) is 45.1 Å². The largest absolute Gasteiger partial charge is 0.298 e. The molecule has 0 aromatic carbocycles. The van der Waals surface area contributed by atoms with Crippen molar-refractivity contribution in [1.82, 2.24) is 4.90 Å². The molecule has 2 fully saturated rings. The lowest BCUT2D eigenvalue weighted by atomic mass is 9.93. The van der Waals surface area contributed by atoms with Crippen LogP contribution in [0.25, 0.3) is 0 Å². The van der Waals surface area contributed by atoms with Crippen LogP contribution in [0.2, 0.25) is 0 Å². The van der Waals surface area contributed by atoms with Gasteiger partial charge in [-0.2, -0.15) is 0 Å². The summed E-state index contributed by atoms with van der Waals surface area (Å²) in [4.78, 5) is 14.0. The van der Waals surface area contributed by atoms with Crippen LogP contribution >= 0.6 is 0 Å². The summed E-state index contributed by atoms with van der Waals surface area (Å²) < 4.78 is 0. The first-order valence-electron chi connectivity index (χ1n) is 5.93. The zero-order valence-corrected chi connectivity index (χ0v) is 9.33. The van der Waals surface area contributed by atoms with E-state index < -0.39 is 0 Å². The summed E-state index contributed by atoms with van der Waals surface area (Å²) in [5.74, 6) is 1.77. The number of carbonyl (C=O) groups is 1. The molecule has 2 atom stereocenters. The van der Waals surface area contributed by atoms with Crippen LogP contribution in [-0.2, 0) is 4.79 Å². The fraction of sp³-hybridized carbons (Fsp3) is 0.917. The highest BCUT2D eigenvalue weighted by atomic mass is 16.1. The van der Waals surface area contributed by atoms with Crippen molar-refractivity contribution in [2.75, 3.05) is 13.1 Å². The Balaban J connectivity index is 1.81. The van der Waals surface area contributed by atoms with Gasteiger partial charge in [-0.25, -0.2) is 0 Å². The van der Waals surface area contributed by atoms with Gasteiger partial charge in [0.05, 0.1) is 6.54 Å². The number of Topliss-reactive ketones (excluding diaryl/α,β-unsaturated/α-hetero) is 1. The van der Waals surface area contributed by atoms with Crippen molar-refractivity contribution in [1.29, 1.82) is 0 Å². The first-order valence-corrected chi connectivity index (χ1v) is 5.93. The summed E-state index contributed by atoms with van der Waals surface area (Å²) in [7, 11) is 0. The van der Waals surface area contributed by atoms with E-state index in [4.69, 9.17) is 0 Å². The summed E-state index contributed by atoms with van der Waals surface area (Å²) in [5.41, 5.74) is 0. The lowest BCUT2D eigenvalue weighted by Gasteiger charge is -2.36. The molecule has 1 saturated carbocycles. The first-order chi connectivity index (χ1) is 6.66. The molecule has 1 heterocycles. The smallest absolute Gasteiger partial charge is 0.149 e. The van der Waals surface area contributed by atoms with E-state index in [1.165, 1.54) is 12.8 Å². The van der Waals surface area contributed by atoms with E-state index in [9.17, 15) is 4.79 Å². The fourth-order valence-corrected chi connectivity index (χ4v) is 2.43. The Hall–Kier alpha value is -0.370. The van der Waals surface area contributed by atoms with E-state index in [0.717, 1.165) is 31.8 Å². The standard InChI is InChI=1S/C12H21NO/c1-9-5-6-13(10(2)7-9)8-12(14)11-3-4-11/h9-11H,3-8H2,1-2H3. The maximum Gasteiger partial charge on any atom is 0.149 e. The van der Waals surface area contributed by atoms with E-state index in [1.807, 2.05) is 0 Å². The average molecular weight is 195 g/mol. The van der Waals surface area contributed by atoms with Crippen molar-refractivity contribution in [3.8, 4) is 0 Å². The van der Waals surface area contributed by atoms with Crippen LogP contribution in [-0.4, -0.2) is 29.8 Å². The lowest BCUT2D eigenvalue weighted by molar-refractivity contribution is -0.122. The number of carbonyl (C=O) groups excluding carboxylic acids is 1. The van der Waals surface area contributed by atoms with Gasteiger partial charge in [0.1, 0.15) is 5.78 Å². The topological polar surface area (TPSA) is 20.3 Å². The number of piperidine rings is 1. The van der Waals surface area contributed by atoms with Crippen molar-refractivity contribution >= 4 is 5.78 Å². The molecule has 2 rings (SSSR count). The van der Waals surface area contributed by atoms with Gasteiger partial charge in [0.2, 0.25) is 0 Å². The predicted octanol–water partition coefficient (Wildman–Crippen LogP) is 2.09. The maximum atomic E-state index is 11.7. The minimum atomic E-state index is 0.432. The molecule has 0 aromatic rings. The minimum absolute atomic E-state index is 0.432. The molecule has 14 heavy (non-hydrogen) atoms. The lowest BCUT2D eigenvalue weighted by Crippen LogP contribution is -2.43. The summed E-state index contributed by atoms with van der Waals surface area (Å²) >= 11 is 0. The summed E-state index contributed by atoms with van der Waals surface area (Å²) in [5, 5.41) is 0. The zero-order chi connectivity index (χ0) is 10.1. The van der Waals surface area contributed by atoms with Gasteiger partial charge in [0, 0.05) is 12.0 Å². The third-order valence-electron chi connectivity index (χ3n) is 3.67. The number of rotatable bonds is 3. The van der Waals surface area contributed by atoms with Crippen LogP contribution in [0, 0.1) is 11.8 Å². The van der Waals surface area contributed by atoms with E-state index >= 15 is 0 Å². The van der Waals surface area contributed by atoms with E-state index in [1.54, 1.807) is 0 Å². The average Bonchev–Trinajstić information content (AvgIpc) is 2.92. The van der Waals surface area contributed by atoms with E-state index in [2.05, 4.69) is 18.7 Å². The van der Waals surface area contributed by atoms with Crippen molar-refractivity contribution < 1.29 is 4.79 Å². The number of hydrogen-bond donors (Lipinski definition) is 0. The summed E-state index contributed by atoms with van der Waals surface area (Å²) in [6.07, 6.45) is 4.83. The van der Waals surface area contributed by atoms with Gasteiger partial charge in [0.25, 0.3) is 0 Å². The molecule has 1 aliphatic carbocycles. The normalized spacial score (nSPS) is 34.4. The molecule has 1 saturated heterocycles. The molecule has 2 nitrogen and oxygen atoms in total. The van der Waals surface area contributed by atoms with Crippen LogP contribution in [0.4, 0.5) is 0 Å². The van der Waals surface area contributed by atoms with Gasteiger partial charge in [-0.15, -0.1) is 0 Å². The van der Waals surface area contributed by atoms with Gasteiger partial charge in [0.15, 0.2) is 0 Å². The molecular formula is C12H21NO. The Morgan fingerprint density at radius 3 is 2.57 bits per heavy atom. The van der Waals surface area contributed by atoms with E-state index in [-0.39, 0.29) is 0 Å². The first kappa shape index (κ1) is 10.2. The second-order valence-corrected chi connectivity index (χ2v) is 5.19. The molecule has 2 heteroatoms. The molecule has 2 unspecified atom stereocenters. The van der Waals surface area contributed by atoms with Crippen LogP contribution in [0.15, 0.2) is 0 Å². The Morgan fingerprint density at radius 2 is 2.00 bits per heavy atom. The van der Waals surface area contributed by atoms with Gasteiger partial charge in [-0.1, -0.05) is 6.92 Å². The van der Waals surface area contributed by atoms with E-state index in [0.29, 0.717) is 17.7 Å². The van der Waals surface area contributed by atoms with Crippen LogP contribution in [0.5, 0.6) is 0 Å². The zero-order valence-electron chi connectivity index (χ0n) is 9.33. The predicted molar refractivity (Wildman–Crippen MR) is 57.2 cm³/mol. The monoisotopic (exact) mass is 195 g/mol. The molecule has 80 valence electrons. The highest BCUT2D eigenvalue weighted by Gasteiger charge is 2.32. The molecule has 0 spiro atoms. The van der Waals surface area contributed by atoms with Gasteiger partial charge in [-0.3, -0.25) is 9.69 Å². The van der Waals surface area contributed by atoms with Gasteiger partial charge < -0.3 is 0 Å². The molecule has 1 aliphatic heterocycles. The van der Waals surface area contributed by atoms with Gasteiger partial charge >= 0.3 is 0 Å². The quantitative estimate of drug-likeness (QED) is 0.687. The second kappa shape index (κ2) is 4.01. The fourth-order valence-electron chi connectivity index (χ4n) is 2.43.